The number of thioether (sulfide) groups is 1. The zero-order valence-corrected chi connectivity index (χ0v) is 18.7. The molecule has 1 aromatic heterocycles. The first kappa shape index (κ1) is 22.3. The molecule has 32 heavy (non-hydrogen) atoms. The van der Waals surface area contributed by atoms with E-state index in [4.69, 9.17) is 0 Å². The topological polar surface area (TPSA) is 77.5 Å². The number of hydrogen-bond donors (Lipinski definition) is 3. The van der Waals surface area contributed by atoms with Crippen LogP contribution < -0.4 is 10.6 Å². The van der Waals surface area contributed by atoms with E-state index in [0.29, 0.717) is 6.54 Å². The van der Waals surface area contributed by atoms with Crippen molar-refractivity contribution < 1.29 is 9.90 Å². The number of carbonyl (C=O) groups is 1. The molecule has 1 unspecified atom stereocenters. The second-order valence-electron chi connectivity index (χ2n) is 7.90. The number of amides is 2. The molecule has 3 aromatic rings. The number of hydrogen-bond acceptors (Lipinski definition) is 5. The number of carbonyl (C=O) groups excluding carboxylic acids is 1. The second-order valence-corrected chi connectivity index (χ2v) is 8.90. The van der Waals surface area contributed by atoms with Gasteiger partial charge in [-0.15, -0.1) is 11.8 Å². The van der Waals surface area contributed by atoms with Gasteiger partial charge in [0.25, 0.3) is 0 Å². The minimum atomic E-state index is -0.618. The minimum absolute atomic E-state index is 0.208. The maximum atomic E-state index is 12.3. The van der Waals surface area contributed by atoms with Crippen LogP contribution >= 0.6 is 11.8 Å². The third kappa shape index (κ3) is 6.56. The molecule has 1 aliphatic heterocycles. The molecule has 0 radical (unpaired) electrons. The van der Waals surface area contributed by atoms with E-state index >= 15 is 0 Å². The Morgan fingerprint density at radius 2 is 1.94 bits per heavy atom. The Kier molecular flexibility index (Phi) is 7.77. The Morgan fingerprint density at radius 1 is 1.09 bits per heavy atom. The molecular weight excluding hydrogens is 420 g/mol. The number of urea groups is 1. The number of aromatic nitrogens is 1. The van der Waals surface area contributed by atoms with Crippen molar-refractivity contribution in [2.45, 2.75) is 29.8 Å². The molecule has 0 bridgehead atoms. The molecule has 0 saturated heterocycles. The molecule has 7 heteroatoms. The fraction of sp³-hybridized carbons (Fsp3) is 0.280. The molecule has 0 aliphatic carbocycles. The molecule has 0 saturated carbocycles. The van der Waals surface area contributed by atoms with E-state index in [1.165, 1.54) is 11.1 Å². The first-order valence-electron chi connectivity index (χ1n) is 10.8. The number of benzene rings is 2. The lowest BCUT2D eigenvalue weighted by Gasteiger charge is -2.30. The Bertz CT molecular complexity index is 1030. The standard InChI is InChI=1S/C25H28N4O2S/c30-23(17-29-13-11-20-7-1-2-8-21(20)16-29)15-27-25(31)28-22-9-5-6-19(14-22)18-32-24-10-3-4-12-26-24/h1-10,12,14,23,30H,11,13,15-18H2,(H2,27,28,31). The molecule has 166 valence electrons. The van der Waals surface area contributed by atoms with E-state index in [9.17, 15) is 9.90 Å². The molecule has 1 aliphatic rings. The van der Waals surface area contributed by atoms with Gasteiger partial charge in [-0.1, -0.05) is 42.5 Å². The van der Waals surface area contributed by atoms with E-state index in [2.05, 4.69) is 44.8 Å². The number of fused-ring (bicyclic) bond motifs is 1. The van der Waals surface area contributed by atoms with Crippen molar-refractivity contribution in [3.05, 3.63) is 89.6 Å². The number of aliphatic hydroxyl groups is 1. The maximum absolute atomic E-state index is 12.3. The van der Waals surface area contributed by atoms with Crippen molar-refractivity contribution >= 4 is 23.5 Å². The smallest absolute Gasteiger partial charge is 0.319 e. The van der Waals surface area contributed by atoms with Gasteiger partial charge in [0.2, 0.25) is 0 Å². The molecule has 2 aromatic carbocycles. The average Bonchev–Trinajstić information content (AvgIpc) is 2.82. The van der Waals surface area contributed by atoms with Crippen LogP contribution in [-0.4, -0.2) is 46.8 Å². The van der Waals surface area contributed by atoms with Crippen molar-refractivity contribution in [3.63, 3.8) is 0 Å². The van der Waals surface area contributed by atoms with Crippen molar-refractivity contribution in [1.29, 1.82) is 0 Å². The quantitative estimate of drug-likeness (QED) is 0.456. The van der Waals surface area contributed by atoms with E-state index in [0.717, 1.165) is 41.5 Å². The van der Waals surface area contributed by atoms with Crippen molar-refractivity contribution in [1.82, 2.24) is 15.2 Å². The Morgan fingerprint density at radius 3 is 2.78 bits per heavy atom. The summed E-state index contributed by atoms with van der Waals surface area (Å²) in [7, 11) is 0. The zero-order chi connectivity index (χ0) is 22.2. The Balaban J connectivity index is 1.20. The van der Waals surface area contributed by atoms with Gasteiger partial charge in [0, 0.05) is 43.8 Å². The van der Waals surface area contributed by atoms with Gasteiger partial charge in [-0.3, -0.25) is 4.90 Å². The third-order valence-corrected chi connectivity index (χ3v) is 6.40. The normalized spacial score (nSPS) is 14.4. The summed E-state index contributed by atoms with van der Waals surface area (Å²) in [4.78, 5) is 18.8. The SMILES string of the molecule is O=C(NCC(O)CN1CCc2ccccc2C1)Nc1cccc(CSc2ccccn2)c1. The summed E-state index contributed by atoms with van der Waals surface area (Å²) in [5, 5.41) is 17.0. The summed E-state index contributed by atoms with van der Waals surface area (Å²) in [6.07, 6.45) is 2.15. The van der Waals surface area contributed by atoms with Crippen LogP contribution in [0.3, 0.4) is 0 Å². The molecule has 3 N–H and O–H groups in total. The second kappa shape index (κ2) is 11.1. The zero-order valence-electron chi connectivity index (χ0n) is 17.9. The lowest BCUT2D eigenvalue weighted by molar-refractivity contribution is 0.106. The third-order valence-electron chi connectivity index (χ3n) is 5.39. The summed E-state index contributed by atoms with van der Waals surface area (Å²) in [5.74, 6) is 0.770. The molecule has 6 nitrogen and oxygen atoms in total. The van der Waals surface area contributed by atoms with Crippen molar-refractivity contribution in [3.8, 4) is 0 Å². The van der Waals surface area contributed by atoms with Gasteiger partial charge in [-0.05, 0) is 47.4 Å². The summed E-state index contributed by atoms with van der Waals surface area (Å²) >= 11 is 1.65. The highest BCUT2D eigenvalue weighted by Crippen LogP contribution is 2.22. The molecule has 0 spiro atoms. The van der Waals surface area contributed by atoms with Crippen molar-refractivity contribution in [2.75, 3.05) is 25.0 Å². The van der Waals surface area contributed by atoms with E-state index in [1.54, 1.807) is 18.0 Å². The summed E-state index contributed by atoms with van der Waals surface area (Å²) in [6, 6.07) is 21.7. The first-order valence-corrected chi connectivity index (χ1v) is 11.8. The number of nitrogens with one attached hydrogen (secondary N) is 2. The lowest BCUT2D eigenvalue weighted by atomic mass is 10.00. The molecule has 1 atom stereocenters. The van der Waals surface area contributed by atoms with Gasteiger partial charge in [-0.2, -0.15) is 0 Å². The monoisotopic (exact) mass is 448 g/mol. The highest BCUT2D eigenvalue weighted by molar-refractivity contribution is 7.98. The predicted octanol–water partition coefficient (Wildman–Crippen LogP) is 3.91. The number of rotatable bonds is 8. The number of β-amino-alcohol motifs (C(OH)–C–C–N with tert-alkyl or cyclic N) is 1. The van der Waals surface area contributed by atoms with E-state index < -0.39 is 6.10 Å². The van der Waals surface area contributed by atoms with Crippen LogP contribution in [0.2, 0.25) is 0 Å². The summed E-state index contributed by atoms with van der Waals surface area (Å²) in [6.45, 7) is 2.50. The van der Waals surface area contributed by atoms with Gasteiger partial charge in [0.1, 0.15) is 0 Å². The Labute approximate surface area is 193 Å². The molecule has 0 fully saturated rings. The number of nitrogens with zero attached hydrogens (tertiary/aromatic N) is 2. The van der Waals surface area contributed by atoms with Crippen LogP contribution in [0.1, 0.15) is 16.7 Å². The van der Waals surface area contributed by atoms with E-state index in [-0.39, 0.29) is 12.6 Å². The fourth-order valence-corrected chi connectivity index (χ4v) is 4.59. The average molecular weight is 449 g/mol. The number of pyridine rings is 1. The molecule has 2 heterocycles. The fourth-order valence-electron chi connectivity index (χ4n) is 3.79. The van der Waals surface area contributed by atoms with Gasteiger partial charge in [0.05, 0.1) is 11.1 Å². The summed E-state index contributed by atoms with van der Waals surface area (Å²) < 4.78 is 0. The maximum Gasteiger partial charge on any atom is 0.319 e. The highest BCUT2D eigenvalue weighted by atomic mass is 32.2. The van der Waals surface area contributed by atoms with Crippen LogP contribution in [0, 0.1) is 0 Å². The number of anilines is 1. The van der Waals surface area contributed by atoms with Gasteiger partial charge in [0.15, 0.2) is 0 Å². The largest absolute Gasteiger partial charge is 0.390 e. The predicted molar refractivity (Wildman–Crippen MR) is 129 cm³/mol. The first-order chi connectivity index (χ1) is 15.7. The van der Waals surface area contributed by atoms with Gasteiger partial charge >= 0.3 is 6.03 Å². The van der Waals surface area contributed by atoms with Crippen LogP contribution in [0.25, 0.3) is 0 Å². The van der Waals surface area contributed by atoms with Crippen LogP contribution in [0.4, 0.5) is 10.5 Å². The van der Waals surface area contributed by atoms with Crippen LogP contribution in [-0.2, 0) is 18.7 Å². The highest BCUT2D eigenvalue weighted by Gasteiger charge is 2.18. The summed E-state index contributed by atoms with van der Waals surface area (Å²) in [5.41, 5.74) is 4.53. The van der Waals surface area contributed by atoms with E-state index in [1.807, 2.05) is 42.5 Å². The van der Waals surface area contributed by atoms with Gasteiger partial charge < -0.3 is 15.7 Å². The number of aliphatic hydroxyl groups excluding tert-OH is 1. The molecule has 2 amide bonds. The van der Waals surface area contributed by atoms with Crippen LogP contribution in [0.15, 0.2) is 78.0 Å². The lowest BCUT2D eigenvalue weighted by Crippen LogP contribution is -2.42. The van der Waals surface area contributed by atoms with Gasteiger partial charge in [-0.25, -0.2) is 9.78 Å². The van der Waals surface area contributed by atoms with Crippen molar-refractivity contribution in [2.24, 2.45) is 0 Å². The Hall–Kier alpha value is -2.87. The minimum Gasteiger partial charge on any atom is -0.390 e. The molecule has 4 rings (SSSR count). The molecular formula is C25H28N4O2S. The van der Waals surface area contributed by atoms with Crippen LogP contribution in [0.5, 0.6) is 0 Å².